The molecule has 1 aliphatic heterocycles. The highest BCUT2D eigenvalue weighted by Gasteiger charge is 2.34. The van der Waals surface area contributed by atoms with Gasteiger partial charge in [0, 0.05) is 57.6 Å². The molecule has 2 N–H and O–H groups in total. The van der Waals surface area contributed by atoms with E-state index in [1.807, 2.05) is 4.90 Å². The van der Waals surface area contributed by atoms with Crippen molar-refractivity contribution >= 4 is 33.4 Å². The van der Waals surface area contributed by atoms with Gasteiger partial charge in [-0.3, -0.25) is 14.5 Å². The number of piperazine rings is 1. The van der Waals surface area contributed by atoms with Crippen LogP contribution in [0.3, 0.4) is 0 Å². The van der Waals surface area contributed by atoms with Crippen molar-refractivity contribution in [3.8, 4) is 0 Å². The van der Waals surface area contributed by atoms with Crippen LogP contribution in [0.25, 0.3) is 0 Å². The van der Waals surface area contributed by atoms with Gasteiger partial charge in [-0.25, -0.2) is 0 Å². The fraction of sp³-hybridized carbons (Fsp3) is 0.619. The largest absolute Gasteiger partial charge is 0.326 e. The Morgan fingerprint density at radius 3 is 2.06 bits per heavy atom. The first kappa shape index (κ1) is 23.6. The summed E-state index contributed by atoms with van der Waals surface area (Å²) in [5.41, 5.74) is 1.32. The lowest BCUT2D eigenvalue weighted by molar-refractivity contribution is -0.117. The van der Waals surface area contributed by atoms with E-state index in [1.165, 1.54) is 17.6 Å². The van der Waals surface area contributed by atoms with Crippen LogP contribution < -0.4 is 10.6 Å². The summed E-state index contributed by atoms with van der Waals surface area (Å²) in [7, 11) is -1.77. The molecule has 2 aliphatic rings. The van der Waals surface area contributed by atoms with E-state index in [-0.39, 0.29) is 24.4 Å². The van der Waals surface area contributed by atoms with Crippen LogP contribution in [0, 0.1) is 0 Å². The molecule has 0 unspecified atom stereocenters. The molecule has 2 fully saturated rings. The Hall–Kier alpha value is -2.01. The molecule has 1 aromatic carbocycles. The third kappa shape index (κ3) is 6.49. The zero-order valence-corrected chi connectivity index (χ0v) is 19.2. The maximum Gasteiger partial charge on any atom is 0.282 e. The summed E-state index contributed by atoms with van der Waals surface area (Å²) in [6, 6.07) is 7.01. The van der Waals surface area contributed by atoms with Gasteiger partial charge >= 0.3 is 0 Å². The highest BCUT2D eigenvalue weighted by Crippen LogP contribution is 2.25. The van der Waals surface area contributed by atoms with Gasteiger partial charge in [0.2, 0.25) is 11.8 Å². The van der Waals surface area contributed by atoms with Crippen molar-refractivity contribution in [1.29, 1.82) is 0 Å². The Balaban J connectivity index is 1.46. The number of nitrogens with zero attached hydrogens (tertiary/aromatic N) is 3. The average Bonchev–Trinajstić information content (AvgIpc) is 2.75. The van der Waals surface area contributed by atoms with Crippen LogP contribution in [-0.4, -0.2) is 79.6 Å². The van der Waals surface area contributed by atoms with Gasteiger partial charge in [0.1, 0.15) is 0 Å². The van der Waals surface area contributed by atoms with Crippen molar-refractivity contribution < 1.29 is 18.0 Å². The highest BCUT2D eigenvalue weighted by molar-refractivity contribution is 7.86. The van der Waals surface area contributed by atoms with Crippen LogP contribution in [0.1, 0.15) is 39.0 Å². The SMILES string of the molecule is CC(=O)Nc1ccc(NC(=O)CN2CCN(S(=O)(=O)N(C)C3CCCCC3)CC2)cc1. The molecule has 1 saturated heterocycles. The monoisotopic (exact) mass is 451 g/mol. The summed E-state index contributed by atoms with van der Waals surface area (Å²) in [5, 5.41) is 5.52. The van der Waals surface area contributed by atoms with E-state index in [4.69, 9.17) is 0 Å². The number of anilines is 2. The zero-order valence-electron chi connectivity index (χ0n) is 18.3. The van der Waals surface area contributed by atoms with E-state index < -0.39 is 10.2 Å². The van der Waals surface area contributed by atoms with Crippen LogP contribution in [0.5, 0.6) is 0 Å². The predicted molar refractivity (Wildman–Crippen MR) is 121 cm³/mol. The van der Waals surface area contributed by atoms with Gasteiger partial charge in [-0.05, 0) is 37.1 Å². The molecule has 172 valence electrons. The first-order valence-electron chi connectivity index (χ1n) is 10.9. The smallest absolute Gasteiger partial charge is 0.282 e. The summed E-state index contributed by atoms with van der Waals surface area (Å²) in [5.74, 6) is -0.300. The molecule has 0 spiro atoms. The lowest BCUT2D eigenvalue weighted by Gasteiger charge is -2.38. The molecular formula is C21H33N5O4S. The van der Waals surface area contributed by atoms with Crippen molar-refractivity contribution in [2.45, 2.75) is 45.1 Å². The first-order chi connectivity index (χ1) is 14.8. The van der Waals surface area contributed by atoms with Gasteiger partial charge in [0.25, 0.3) is 10.2 Å². The molecule has 1 aliphatic carbocycles. The van der Waals surface area contributed by atoms with E-state index in [9.17, 15) is 18.0 Å². The van der Waals surface area contributed by atoms with Crippen LogP contribution in [0.2, 0.25) is 0 Å². The maximum absolute atomic E-state index is 13.0. The van der Waals surface area contributed by atoms with Crippen LogP contribution in [0.4, 0.5) is 11.4 Å². The van der Waals surface area contributed by atoms with E-state index in [2.05, 4.69) is 10.6 Å². The molecule has 9 nitrogen and oxygen atoms in total. The molecule has 3 rings (SSSR count). The third-order valence-corrected chi connectivity index (χ3v) is 8.01. The number of amides is 2. The second-order valence-electron chi connectivity index (χ2n) is 8.30. The van der Waals surface area contributed by atoms with Crippen molar-refractivity contribution in [3.05, 3.63) is 24.3 Å². The number of rotatable bonds is 7. The van der Waals surface area contributed by atoms with Gasteiger partial charge in [-0.2, -0.15) is 17.0 Å². The quantitative estimate of drug-likeness (QED) is 0.657. The van der Waals surface area contributed by atoms with E-state index in [1.54, 1.807) is 35.6 Å². The Bertz CT molecular complexity index is 860. The summed E-state index contributed by atoms with van der Waals surface area (Å²) in [4.78, 5) is 25.4. The third-order valence-electron chi connectivity index (χ3n) is 5.97. The summed E-state index contributed by atoms with van der Waals surface area (Å²) < 4.78 is 29.0. The Morgan fingerprint density at radius 1 is 0.968 bits per heavy atom. The van der Waals surface area contributed by atoms with E-state index in [0.29, 0.717) is 37.6 Å². The Kier molecular flexibility index (Phi) is 8.04. The number of carbonyl (C=O) groups is 2. The molecule has 0 radical (unpaired) electrons. The minimum atomic E-state index is -3.47. The summed E-state index contributed by atoms with van der Waals surface area (Å²) in [6.45, 7) is 3.46. The van der Waals surface area contributed by atoms with Crippen molar-refractivity contribution in [2.24, 2.45) is 0 Å². The van der Waals surface area contributed by atoms with Crippen molar-refractivity contribution in [1.82, 2.24) is 13.5 Å². The molecule has 1 aromatic rings. The van der Waals surface area contributed by atoms with Crippen molar-refractivity contribution in [2.75, 3.05) is 50.4 Å². The molecular weight excluding hydrogens is 418 g/mol. The molecule has 1 saturated carbocycles. The fourth-order valence-corrected chi connectivity index (χ4v) is 5.75. The predicted octanol–water partition coefficient (Wildman–Crippen LogP) is 1.71. The normalized spacial score (nSPS) is 19.3. The lowest BCUT2D eigenvalue weighted by Crippen LogP contribution is -2.55. The maximum atomic E-state index is 13.0. The molecule has 0 atom stereocenters. The number of hydrogen-bond acceptors (Lipinski definition) is 5. The zero-order chi connectivity index (χ0) is 22.4. The molecule has 1 heterocycles. The van der Waals surface area contributed by atoms with Gasteiger partial charge in [-0.1, -0.05) is 19.3 Å². The number of benzene rings is 1. The van der Waals surface area contributed by atoms with Gasteiger partial charge in [0.15, 0.2) is 0 Å². The lowest BCUT2D eigenvalue weighted by atomic mass is 9.96. The standard InChI is InChI=1S/C21H33N5O4S/c1-17(27)22-18-8-10-19(11-9-18)23-21(28)16-25-12-14-26(15-13-25)31(29,30)24(2)20-6-4-3-5-7-20/h8-11,20H,3-7,12-16H2,1-2H3,(H,22,27)(H,23,28). The second kappa shape index (κ2) is 10.5. The molecule has 31 heavy (non-hydrogen) atoms. The second-order valence-corrected chi connectivity index (χ2v) is 10.3. The summed E-state index contributed by atoms with van der Waals surface area (Å²) in [6.07, 6.45) is 5.22. The highest BCUT2D eigenvalue weighted by atomic mass is 32.2. The molecule has 0 aromatic heterocycles. The van der Waals surface area contributed by atoms with Crippen LogP contribution >= 0.6 is 0 Å². The molecule has 10 heteroatoms. The first-order valence-corrected chi connectivity index (χ1v) is 12.3. The molecule has 0 bridgehead atoms. The molecule has 2 amide bonds. The average molecular weight is 452 g/mol. The van der Waals surface area contributed by atoms with Crippen LogP contribution in [-0.2, 0) is 19.8 Å². The van der Waals surface area contributed by atoms with E-state index >= 15 is 0 Å². The number of nitrogens with one attached hydrogen (secondary N) is 2. The number of hydrogen-bond donors (Lipinski definition) is 2. The van der Waals surface area contributed by atoms with Crippen LogP contribution in [0.15, 0.2) is 24.3 Å². The van der Waals surface area contributed by atoms with Gasteiger partial charge < -0.3 is 10.6 Å². The minimum Gasteiger partial charge on any atom is -0.326 e. The fourth-order valence-electron chi connectivity index (χ4n) is 4.18. The Labute approximate surface area is 184 Å². The van der Waals surface area contributed by atoms with E-state index in [0.717, 1.165) is 25.7 Å². The van der Waals surface area contributed by atoms with Gasteiger partial charge in [-0.15, -0.1) is 0 Å². The minimum absolute atomic E-state index is 0.0968. The Morgan fingerprint density at radius 2 is 1.52 bits per heavy atom. The van der Waals surface area contributed by atoms with Gasteiger partial charge in [0.05, 0.1) is 6.54 Å². The topological polar surface area (TPSA) is 102 Å². The number of carbonyl (C=O) groups excluding carboxylic acids is 2. The van der Waals surface area contributed by atoms with Crippen molar-refractivity contribution in [3.63, 3.8) is 0 Å². The summed E-state index contributed by atoms with van der Waals surface area (Å²) >= 11 is 0.